The Morgan fingerprint density at radius 2 is 2.12 bits per heavy atom. The molecule has 0 aliphatic carbocycles. The van der Waals surface area contributed by atoms with Crippen LogP contribution in [0.4, 0.5) is 0 Å². The quantitative estimate of drug-likeness (QED) is 0.600. The van der Waals surface area contributed by atoms with Gasteiger partial charge in [-0.2, -0.15) is 0 Å². The van der Waals surface area contributed by atoms with Crippen molar-refractivity contribution in [2.75, 3.05) is 6.61 Å². The number of hydrogen-bond acceptors (Lipinski definition) is 3. The first-order valence-electron chi connectivity index (χ1n) is 5.08. The Hall–Kier alpha value is -1.35. The molecule has 1 aromatic carbocycles. The fourth-order valence-electron chi connectivity index (χ4n) is 1.43. The number of carbonyl (C=O) groups excluding carboxylic acids is 2. The van der Waals surface area contributed by atoms with E-state index in [0.717, 1.165) is 5.56 Å². The molecule has 0 radical (unpaired) electrons. The van der Waals surface area contributed by atoms with Gasteiger partial charge in [-0.15, -0.1) is 0 Å². The molecule has 0 spiro atoms. The van der Waals surface area contributed by atoms with Gasteiger partial charge in [-0.05, 0) is 31.0 Å². The van der Waals surface area contributed by atoms with Gasteiger partial charge in [-0.25, -0.2) is 4.79 Å². The smallest absolute Gasteiger partial charge is 0.338 e. The molecule has 86 valence electrons. The van der Waals surface area contributed by atoms with Gasteiger partial charge in [0.05, 0.1) is 17.2 Å². The van der Waals surface area contributed by atoms with E-state index < -0.39 is 5.97 Å². The second kappa shape index (κ2) is 5.66. The van der Waals surface area contributed by atoms with Crippen LogP contribution in [0.1, 0.15) is 40.1 Å². The molecule has 0 atom stereocenters. The van der Waals surface area contributed by atoms with Crippen LogP contribution < -0.4 is 0 Å². The summed E-state index contributed by atoms with van der Waals surface area (Å²) in [4.78, 5) is 22.3. The molecule has 0 bridgehead atoms. The molecule has 1 aromatic rings. The average Bonchev–Trinajstić information content (AvgIpc) is 2.28. The Morgan fingerprint density at radius 3 is 2.62 bits per heavy atom. The summed E-state index contributed by atoms with van der Waals surface area (Å²) in [6.45, 7) is 3.95. The van der Waals surface area contributed by atoms with Gasteiger partial charge < -0.3 is 4.74 Å². The molecule has 0 fully saturated rings. The van der Waals surface area contributed by atoms with Crippen molar-refractivity contribution in [1.29, 1.82) is 0 Å². The van der Waals surface area contributed by atoms with Gasteiger partial charge in [-0.3, -0.25) is 4.79 Å². The minimum Gasteiger partial charge on any atom is -0.462 e. The lowest BCUT2D eigenvalue weighted by molar-refractivity contribution is 0.0526. The van der Waals surface area contributed by atoms with Gasteiger partial charge in [0.1, 0.15) is 0 Å². The summed E-state index contributed by atoms with van der Waals surface area (Å²) in [7, 11) is 0. The summed E-state index contributed by atoms with van der Waals surface area (Å²) in [5, 5.41) is 0.289. The van der Waals surface area contributed by atoms with Crippen LogP contribution in [0.3, 0.4) is 0 Å². The van der Waals surface area contributed by atoms with E-state index in [4.69, 9.17) is 16.3 Å². The second-order valence-electron chi connectivity index (χ2n) is 3.22. The largest absolute Gasteiger partial charge is 0.462 e. The van der Waals surface area contributed by atoms with Crippen molar-refractivity contribution in [3.05, 3.63) is 33.8 Å². The fourth-order valence-corrected chi connectivity index (χ4v) is 1.72. The van der Waals surface area contributed by atoms with Crippen molar-refractivity contribution in [3.63, 3.8) is 0 Å². The number of ether oxygens (including phenoxy) is 1. The highest BCUT2D eigenvalue weighted by Gasteiger charge is 2.13. The predicted molar refractivity (Wildman–Crippen MR) is 62.2 cm³/mol. The van der Waals surface area contributed by atoms with E-state index in [1.165, 1.54) is 6.07 Å². The third-order valence-electron chi connectivity index (χ3n) is 2.23. The average molecular weight is 241 g/mol. The first kappa shape index (κ1) is 12.7. The lowest BCUT2D eigenvalue weighted by atomic mass is 10.0. The SMILES string of the molecule is CCOC(=O)c1cc(Cl)c(C=O)c(CC)c1. The van der Waals surface area contributed by atoms with Crippen LogP contribution in [-0.2, 0) is 11.2 Å². The number of aldehydes is 1. The molecule has 0 aromatic heterocycles. The molecule has 1 rings (SSSR count). The minimum absolute atomic E-state index is 0.289. The molecule has 16 heavy (non-hydrogen) atoms. The molecular weight excluding hydrogens is 228 g/mol. The molecule has 3 nitrogen and oxygen atoms in total. The standard InChI is InChI=1S/C12H13ClO3/c1-3-8-5-9(12(15)16-4-2)6-11(13)10(8)7-14/h5-7H,3-4H2,1-2H3. The van der Waals surface area contributed by atoms with Crippen molar-refractivity contribution in [1.82, 2.24) is 0 Å². The summed E-state index contributed by atoms with van der Waals surface area (Å²) in [5.74, 6) is -0.420. The van der Waals surface area contributed by atoms with E-state index in [9.17, 15) is 9.59 Å². The van der Waals surface area contributed by atoms with Gasteiger partial charge in [-0.1, -0.05) is 18.5 Å². The maximum Gasteiger partial charge on any atom is 0.338 e. The Balaban J connectivity index is 3.20. The van der Waals surface area contributed by atoms with E-state index in [1.807, 2.05) is 6.92 Å². The number of benzene rings is 1. The van der Waals surface area contributed by atoms with E-state index in [1.54, 1.807) is 13.0 Å². The zero-order valence-corrected chi connectivity index (χ0v) is 10.0. The molecule has 0 N–H and O–H groups in total. The molecule has 0 unspecified atom stereocenters. The van der Waals surface area contributed by atoms with Crippen LogP contribution in [0.2, 0.25) is 5.02 Å². The van der Waals surface area contributed by atoms with Crippen LogP contribution in [0.25, 0.3) is 0 Å². The number of rotatable bonds is 4. The van der Waals surface area contributed by atoms with Crippen molar-refractivity contribution in [2.45, 2.75) is 20.3 Å². The number of hydrogen-bond donors (Lipinski definition) is 0. The fraction of sp³-hybridized carbons (Fsp3) is 0.333. The second-order valence-corrected chi connectivity index (χ2v) is 3.63. The van der Waals surface area contributed by atoms with Gasteiger partial charge >= 0.3 is 5.97 Å². The molecule has 0 amide bonds. The van der Waals surface area contributed by atoms with E-state index in [-0.39, 0.29) is 5.02 Å². The normalized spacial score (nSPS) is 9.94. The van der Waals surface area contributed by atoms with Crippen LogP contribution in [-0.4, -0.2) is 18.9 Å². The predicted octanol–water partition coefficient (Wildman–Crippen LogP) is 2.89. The first-order valence-corrected chi connectivity index (χ1v) is 5.46. The third-order valence-corrected chi connectivity index (χ3v) is 2.54. The molecule has 0 aliphatic rings. The highest BCUT2D eigenvalue weighted by Crippen LogP contribution is 2.22. The molecule has 0 heterocycles. The Bertz CT molecular complexity index is 413. The summed E-state index contributed by atoms with van der Waals surface area (Å²) >= 11 is 5.92. The summed E-state index contributed by atoms with van der Waals surface area (Å²) in [6.07, 6.45) is 1.34. The van der Waals surface area contributed by atoms with Gasteiger partial charge in [0.2, 0.25) is 0 Å². The summed E-state index contributed by atoms with van der Waals surface area (Å²) < 4.78 is 4.87. The Morgan fingerprint density at radius 1 is 1.44 bits per heavy atom. The zero-order valence-electron chi connectivity index (χ0n) is 9.25. The topological polar surface area (TPSA) is 43.4 Å². The van der Waals surface area contributed by atoms with E-state index in [2.05, 4.69) is 0 Å². The van der Waals surface area contributed by atoms with Crippen LogP contribution >= 0.6 is 11.6 Å². The number of carbonyl (C=O) groups is 2. The van der Waals surface area contributed by atoms with E-state index in [0.29, 0.717) is 30.4 Å². The lowest BCUT2D eigenvalue weighted by Gasteiger charge is -2.08. The van der Waals surface area contributed by atoms with Crippen LogP contribution in [0.15, 0.2) is 12.1 Å². The monoisotopic (exact) mass is 240 g/mol. The van der Waals surface area contributed by atoms with Crippen LogP contribution in [0.5, 0.6) is 0 Å². The molecule has 0 saturated carbocycles. The van der Waals surface area contributed by atoms with Crippen molar-refractivity contribution < 1.29 is 14.3 Å². The molecule has 4 heteroatoms. The Labute approximate surface area is 99.4 Å². The summed E-state index contributed by atoms with van der Waals surface area (Å²) in [6, 6.07) is 3.11. The molecular formula is C12H13ClO3. The van der Waals surface area contributed by atoms with Crippen LogP contribution in [0, 0.1) is 0 Å². The van der Waals surface area contributed by atoms with Crippen molar-refractivity contribution in [2.24, 2.45) is 0 Å². The maximum atomic E-state index is 11.5. The lowest BCUT2D eigenvalue weighted by Crippen LogP contribution is -2.06. The number of halogens is 1. The van der Waals surface area contributed by atoms with E-state index >= 15 is 0 Å². The van der Waals surface area contributed by atoms with Crippen molar-refractivity contribution in [3.8, 4) is 0 Å². The maximum absolute atomic E-state index is 11.5. The molecule has 0 saturated heterocycles. The van der Waals surface area contributed by atoms with Crippen molar-refractivity contribution >= 4 is 23.9 Å². The number of aryl methyl sites for hydroxylation is 1. The number of esters is 1. The highest BCUT2D eigenvalue weighted by molar-refractivity contribution is 6.33. The molecule has 0 aliphatic heterocycles. The van der Waals surface area contributed by atoms with Gasteiger partial charge in [0, 0.05) is 5.56 Å². The van der Waals surface area contributed by atoms with Gasteiger partial charge in [0.25, 0.3) is 0 Å². The third kappa shape index (κ3) is 2.61. The highest BCUT2D eigenvalue weighted by atomic mass is 35.5. The first-order chi connectivity index (χ1) is 7.63. The summed E-state index contributed by atoms with van der Waals surface area (Å²) in [5.41, 5.74) is 1.58. The minimum atomic E-state index is -0.420. The zero-order chi connectivity index (χ0) is 12.1. The Kier molecular flexibility index (Phi) is 4.50. The van der Waals surface area contributed by atoms with Gasteiger partial charge in [0.15, 0.2) is 6.29 Å².